The Labute approximate surface area is 180 Å². The van der Waals surface area contributed by atoms with Crippen molar-refractivity contribution in [2.45, 2.75) is 31.7 Å². The van der Waals surface area contributed by atoms with Crippen LogP contribution in [0.2, 0.25) is 0 Å². The van der Waals surface area contributed by atoms with Gasteiger partial charge in [-0.2, -0.15) is 0 Å². The molecule has 2 aliphatic carbocycles. The number of aliphatic carboxylic acids is 1. The first-order valence-corrected chi connectivity index (χ1v) is 10.4. The average molecular weight is 422 g/mol. The Morgan fingerprint density at radius 1 is 1.03 bits per heavy atom. The van der Waals surface area contributed by atoms with Crippen molar-refractivity contribution in [1.82, 2.24) is 10.6 Å². The van der Waals surface area contributed by atoms with Gasteiger partial charge < -0.3 is 20.5 Å². The molecule has 3 N–H and O–H groups in total. The molecule has 1 fully saturated rings. The molecule has 2 aliphatic rings. The Morgan fingerprint density at radius 3 is 2.19 bits per heavy atom. The molecule has 4 rings (SSSR count). The third-order valence-electron chi connectivity index (χ3n) is 6.08. The lowest BCUT2D eigenvalue weighted by Crippen LogP contribution is -2.50. The molecule has 0 spiro atoms. The molecule has 2 atom stereocenters. The molecule has 0 heterocycles. The second-order valence-electron chi connectivity index (χ2n) is 8.73. The van der Waals surface area contributed by atoms with Crippen molar-refractivity contribution < 1.29 is 24.2 Å². The highest BCUT2D eigenvalue weighted by atomic mass is 16.5. The second kappa shape index (κ2) is 8.06. The van der Waals surface area contributed by atoms with Crippen molar-refractivity contribution in [2.75, 3.05) is 13.2 Å². The van der Waals surface area contributed by atoms with Crippen molar-refractivity contribution in [2.24, 2.45) is 11.8 Å². The zero-order chi connectivity index (χ0) is 22.2. The first-order valence-electron chi connectivity index (χ1n) is 10.4. The predicted molar refractivity (Wildman–Crippen MR) is 115 cm³/mol. The maximum Gasteiger partial charge on any atom is 0.407 e. The number of amides is 2. The Hall–Kier alpha value is -3.35. The Kier molecular flexibility index (Phi) is 5.43. The van der Waals surface area contributed by atoms with Crippen molar-refractivity contribution in [3.63, 3.8) is 0 Å². The summed E-state index contributed by atoms with van der Waals surface area (Å²) in [5, 5.41) is 14.4. The van der Waals surface area contributed by atoms with Crippen LogP contribution in [-0.4, -0.2) is 41.8 Å². The zero-order valence-corrected chi connectivity index (χ0v) is 17.6. The van der Waals surface area contributed by atoms with Crippen LogP contribution in [-0.2, 0) is 14.3 Å². The lowest BCUT2D eigenvalue weighted by atomic mass is 9.98. The number of rotatable bonds is 7. The van der Waals surface area contributed by atoms with Crippen LogP contribution in [0.5, 0.6) is 0 Å². The molecule has 162 valence electrons. The monoisotopic (exact) mass is 422 g/mol. The number of carbonyl (C=O) groups is 3. The molecule has 7 nitrogen and oxygen atoms in total. The Bertz CT molecular complexity index is 987. The summed E-state index contributed by atoms with van der Waals surface area (Å²) in [6, 6.07) is 16.3. The highest BCUT2D eigenvalue weighted by Crippen LogP contribution is 2.44. The highest BCUT2D eigenvalue weighted by molar-refractivity contribution is 5.89. The molecule has 1 saturated carbocycles. The number of fused-ring (bicyclic) bond motifs is 3. The Morgan fingerprint density at radius 2 is 1.61 bits per heavy atom. The molecule has 0 radical (unpaired) electrons. The number of carboxylic acid groups (broad SMARTS) is 1. The topological polar surface area (TPSA) is 105 Å². The van der Waals surface area contributed by atoms with Crippen molar-refractivity contribution in [3.8, 4) is 11.1 Å². The molecule has 0 bridgehead atoms. The lowest BCUT2D eigenvalue weighted by Gasteiger charge is -2.21. The standard InChI is InChI=1S/C24H26N2O5/c1-24(2,22(28)29)26-21(27)19-11-14(19)12-25-23(30)31-13-20-17-9-5-3-7-15(17)16-8-4-6-10-18(16)20/h3-10,14,19-20H,11-13H2,1-2H3,(H,25,30)(H,26,27)(H,28,29)/t14-,19-/m0/s1. The normalized spacial score (nSPS) is 19.2. The van der Waals surface area contributed by atoms with E-state index in [9.17, 15) is 14.4 Å². The van der Waals surface area contributed by atoms with E-state index in [1.54, 1.807) is 0 Å². The van der Waals surface area contributed by atoms with Gasteiger partial charge in [-0.15, -0.1) is 0 Å². The van der Waals surface area contributed by atoms with Crippen LogP contribution in [0.3, 0.4) is 0 Å². The van der Waals surface area contributed by atoms with Gasteiger partial charge in [0.2, 0.25) is 5.91 Å². The summed E-state index contributed by atoms with van der Waals surface area (Å²) in [5.41, 5.74) is 3.32. The number of hydrogen-bond donors (Lipinski definition) is 3. The first kappa shape index (κ1) is 20.9. The maximum absolute atomic E-state index is 12.2. The van der Waals surface area contributed by atoms with Gasteiger partial charge in [0, 0.05) is 18.4 Å². The molecule has 0 aliphatic heterocycles. The molecule has 2 aromatic carbocycles. The number of nitrogens with one attached hydrogen (secondary N) is 2. The first-order chi connectivity index (χ1) is 14.8. The number of hydrogen-bond acceptors (Lipinski definition) is 4. The van der Waals surface area contributed by atoms with Gasteiger partial charge >= 0.3 is 12.1 Å². The van der Waals surface area contributed by atoms with Gasteiger partial charge in [-0.25, -0.2) is 9.59 Å². The number of carbonyl (C=O) groups excluding carboxylic acids is 2. The molecule has 2 aromatic rings. The summed E-state index contributed by atoms with van der Waals surface area (Å²) < 4.78 is 5.50. The van der Waals surface area contributed by atoms with Gasteiger partial charge in [0.15, 0.2) is 0 Å². The number of benzene rings is 2. The third-order valence-corrected chi connectivity index (χ3v) is 6.08. The third kappa shape index (κ3) is 4.26. The maximum atomic E-state index is 12.2. The minimum Gasteiger partial charge on any atom is -0.480 e. The molecule has 2 amide bonds. The van der Waals surface area contributed by atoms with E-state index in [0.29, 0.717) is 13.0 Å². The van der Waals surface area contributed by atoms with Crippen LogP contribution in [0.4, 0.5) is 4.79 Å². The zero-order valence-electron chi connectivity index (χ0n) is 17.6. The largest absolute Gasteiger partial charge is 0.480 e. The summed E-state index contributed by atoms with van der Waals surface area (Å²) in [6.45, 7) is 3.45. The summed E-state index contributed by atoms with van der Waals surface area (Å²) in [6.07, 6.45) is 0.101. The van der Waals surface area contributed by atoms with Crippen molar-refractivity contribution in [3.05, 3.63) is 59.7 Å². The van der Waals surface area contributed by atoms with E-state index in [1.165, 1.54) is 25.0 Å². The molecule has 7 heteroatoms. The fraction of sp³-hybridized carbons (Fsp3) is 0.375. The smallest absolute Gasteiger partial charge is 0.407 e. The van der Waals surface area contributed by atoms with Gasteiger partial charge in [0.1, 0.15) is 12.1 Å². The van der Waals surface area contributed by atoms with Crippen LogP contribution in [0.15, 0.2) is 48.5 Å². The Balaban J connectivity index is 1.27. The van der Waals surface area contributed by atoms with E-state index in [-0.39, 0.29) is 30.3 Å². The van der Waals surface area contributed by atoms with Crippen molar-refractivity contribution in [1.29, 1.82) is 0 Å². The SMILES string of the molecule is CC(C)(NC(=O)[C@H]1C[C@H]1CNC(=O)OCC1c2ccccc2-c2ccccc21)C(=O)O. The van der Waals surface area contributed by atoms with Crippen LogP contribution in [0.1, 0.15) is 37.3 Å². The summed E-state index contributed by atoms with van der Waals surface area (Å²) in [5.74, 6) is -1.69. The summed E-state index contributed by atoms with van der Waals surface area (Å²) >= 11 is 0. The molecule has 31 heavy (non-hydrogen) atoms. The minimum atomic E-state index is -1.32. The molecule has 0 unspecified atom stereocenters. The molecule has 0 aromatic heterocycles. The minimum absolute atomic E-state index is 0.00384. The van der Waals surface area contributed by atoms with E-state index in [1.807, 2.05) is 24.3 Å². The summed E-state index contributed by atoms with van der Waals surface area (Å²) in [7, 11) is 0. The van der Waals surface area contributed by atoms with Crippen LogP contribution in [0, 0.1) is 11.8 Å². The quantitative estimate of drug-likeness (QED) is 0.636. The molecular formula is C24H26N2O5. The van der Waals surface area contributed by atoms with Crippen LogP contribution >= 0.6 is 0 Å². The number of ether oxygens (including phenoxy) is 1. The van der Waals surface area contributed by atoms with Crippen LogP contribution < -0.4 is 10.6 Å². The molecule has 0 saturated heterocycles. The van der Waals surface area contributed by atoms with E-state index >= 15 is 0 Å². The van der Waals surface area contributed by atoms with Gasteiger partial charge in [-0.3, -0.25) is 4.79 Å². The van der Waals surface area contributed by atoms with Gasteiger partial charge in [0.25, 0.3) is 0 Å². The average Bonchev–Trinajstić information content (AvgIpc) is 3.46. The van der Waals surface area contributed by atoms with Gasteiger partial charge in [-0.05, 0) is 48.4 Å². The lowest BCUT2D eigenvalue weighted by molar-refractivity contribution is -0.146. The van der Waals surface area contributed by atoms with E-state index < -0.39 is 17.6 Å². The molecular weight excluding hydrogens is 396 g/mol. The van der Waals surface area contributed by atoms with Crippen molar-refractivity contribution >= 4 is 18.0 Å². The van der Waals surface area contributed by atoms with Gasteiger partial charge in [-0.1, -0.05) is 48.5 Å². The fourth-order valence-electron chi connectivity index (χ4n) is 4.11. The van der Waals surface area contributed by atoms with E-state index in [4.69, 9.17) is 9.84 Å². The fourth-order valence-corrected chi connectivity index (χ4v) is 4.11. The van der Waals surface area contributed by atoms with Gasteiger partial charge in [0.05, 0.1) is 0 Å². The summed E-state index contributed by atoms with van der Waals surface area (Å²) in [4.78, 5) is 35.6. The number of carboxylic acids is 1. The van der Waals surface area contributed by atoms with E-state index in [2.05, 4.69) is 34.9 Å². The van der Waals surface area contributed by atoms with Crippen LogP contribution in [0.25, 0.3) is 11.1 Å². The van der Waals surface area contributed by atoms with E-state index in [0.717, 1.165) is 11.1 Å². The number of alkyl carbamates (subject to hydrolysis) is 1. The predicted octanol–water partition coefficient (Wildman–Crippen LogP) is 3.14. The highest BCUT2D eigenvalue weighted by Gasteiger charge is 2.45. The second-order valence-corrected chi connectivity index (χ2v) is 8.73.